The normalized spacial score (nSPS) is 21.3. The Balaban J connectivity index is 1.38. The first-order chi connectivity index (χ1) is 10.8. The van der Waals surface area contributed by atoms with Crippen molar-refractivity contribution in [2.45, 2.75) is 25.7 Å². The number of benzene rings is 1. The Morgan fingerprint density at radius 1 is 1.23 bits per heavy atom. The fourth-order valence-corrected chi connectivity index (χ4v) is 3.16. The van der Waals surface area contributed by atoms with Crippen LogP contribution < -0.4 is 0 Å². The molecule has 1 aromatic heterocycles. The van der Waals surface area contributed by atoms with E-state index in [4.69, 9.17) is 0 Å². The average Bonchev–Trinajstić information content (AvgIpc) is 3.13. The third-order valence-corrected chi connectivity index (χ3v) is 4.57. The van der Waals surface area contributed by atoms with Crippen LogP contribution in [-0.4, -0.2) is 39.1 Å². The molecule has 2 heterocycles. The second kappa shape index (κ2) is 5.55. The maximum atomic E-state index is 12.1. The predicted octanol–water partition coefficient (Wildman–Crippen LogP) is 2.27. The predicted molar refractivity (Wildman–Crippen MR) is 82.9 cm³/mol. The number of rotatable bonds is 4. The molecule has 1 aliphatic carbocycles. The van der Waals surface area contributed by atoms with Crippen molar-refractivity contribution >= 4 is 5.91 Å². The van der Waals surface area contributed by atoms with Gasteiger partial charge in [-0.2, -0.15) is 5.10 Å². The molecule has 1 saturated heterocycles. The Morgan fingerprint density at radius 3 is 2.82 bits per heavy atom. The molecule has 0 spiro atoms. The summed E-state index contributed by atoms with van der Waals surface area (Å²) in [6.07, 6.45) is 4.11. The zero-order chi connectivity index (χ0) is 14.9. The van der Waals surface area contributed by atoms with Gasteiger partial charge in [0.05, 0.1) is 0 Å². The van der Waals surface area contributed by atoms with Gasteiger partial charge < -0.3 is 4.90 Å². The minimum absolute atomic E-state index is 0.328. The molecule has 1 atom stereocenters. The Labute approximate surface area is 129 Å². The molecule has 2 aromatic rings. The summed E-state index contributed by atoms with van der Waals surface area (Å²) in [4.78, 5) is 18.7. The quantitative estimate of drug-likeness (QED) is 0.941. The number of hydrogen-bond donors (Lipinski definition) is 1. The molecule has 1 aromatic carbocycles. The van der Waals surface area contributed by atoms with Gasteiger partial charge in [-0.05, 0) is 25.2 Å². The second-order valence-corrected chi connectivity index (χ2v) is 6.39. The number of aromatic amines is 1. The monoisotopic (exact) mass is 296 g/mol. The number of hydrogen-bond acceptors (Lipinski definition) is 3. The molecule has 0 radical (unpaired) electrons. The van der Waals surface area contributed by atoms with Crippen LogP contribution in [0.1, 0.15) is 25.1 Å². The highest BCUT2D eigenvalue weighted by molar-refractivity contribution is 5.81. The molecule has 1 aliphatic heterocycles. The van der Waals surface area contributed by atoms with Crippen molar-refractivity contribution in [3.63, 3.8) is 0 Å². The molecule has 114 valence electrons. The van der Waals surface area contributed by atoms with Gasteiger partial charge in [0.1, 0.15) is 5.82 Å². The molecule has 1 unspecified atom stereocenters. The molecule has 2 aliphatic rings. The third kappa shape index (κ3) is 2.75. The zero-order valence-electron chi connectivity index (χ0n) is 12.5. The molecular weight excluding hydrogens is 276 g/mol. The summed E-state index contributed by atoms with van der Waals surface area (Å²) in [6.45, 7) is 1.77. The van der Waals surface area contributed by atoms with Crippen LogP contribution in [0, 0.1) is 11.8 Å². The number of H-pyrrole nitrogens is 1. The topological polar surface area (TPSA) is 61.9 Å². The van der Waals surface area contributed by atoms with Gasteiger partial charge in [-0.15, -0.1) is 0 Å². The summed E-state index contributed by atoms with van der Waals surface area (Å²) < 4.78 is 0. The molecular formula is C17H20N4O. The molecule has 0 bridgehead atoms. The van der Waals surface area contributed by atoms with Crippen molar-refractivity contribution in [3.05, 3.63) is 36.2 Å². The average molecular weight is 296 g/mol. The number of carbonyl (C=O) groups excluding carboxylic acids is 1. The van der Waals surface area contributed by atoms with E-state index in [1.165, 1.54) is 0 Å². The number of aromatic nitrogens is 3. The van der Waals surface area contributed by atoms with Gasteiger partial charge in [-0.1, -0.05) is 30.3 Å². The summed E-state index contributed by atoms with van der Waals surface area (Å²) in [5, 5.41) is 7.35. The largest absolute Gasteiger partial charge is 0.342 e. The molecule has 1 amide bonds. The summed E-state index contributed by atoms with van der Waals surface area (Å²) >= 11 is 0. The standard InChI is InChI=1S/C17H20N4O/c22-17(14-6-7-14)21-9-8-12(11-21)10-15-18-16(20-19-15)13-4-2-1-3-5-13/h1-5,12,14H,6-11H2,(H,18,19,20). The molecule has 1 saturated carbocycles. The van der Waals surface area contributed by atoms with Gasteiger partial charge in [0.2, 0.25) is 5.91 Å². The first-order valence-corrected chi connectivity index (χ1v) is 8.05. The van der Waals surface area contributed by atoms with Crippen molar-refractivity contribution in [1.29, 1.82) is 0 Å². The smallest absolute Gasteiger partial charge is 0.225 e. The first-order valence-electron chi connectivity index (χ1n) is 8.05. The van der Waals surface area contributed by atoms with Gasteiger partial charge in [0.25, 0.3) is 0 Å². The van der Waals surface area contributed by atoms with E-state index in [0.717, 1.165) is 56.0 Å². The van der Waals surface area contributed by atoms with Crippen molar-refractivity contribution in [2.75, 3.05) is 13.1 Å². The van der Waals surface area contributed by atoms with Gasteiger partial charge >= 0.3 is 0 Å². The Hall–Kier alpha value is -2.17. The Morgan fingerprint density at radius 2 is 2.05 bits per heavy atom. The van der Waals surface area contributed by atoms with E-state index in [-0.39, 0.29) is 0 Å². The number of nitrogens with zero attached hydrogens (tertiary/aromatic N) is 3. The highest BCUT2D eigenvalue weighted by Gasteiger charge is 2.36. The van der Waals surface area contributed by atoms with Crippen LogP contribution in [-0.2, 0) is 11.2 Å². The van der Waals surface area contributed by atoms with Crippen LogP contribution in [0.2, 0.25) is 0 Å². The zero-order valence-corrected chi connectivity index (χ0v) is 12.5. The van der Waals surface area contributed by atoms with Crippen LogP contribution in [0.25, 0.3) is 11.4 Å². The minimum Gasteiger partial charge on any atom is -0.342 e. The Kier molecular flexibility index (Phi) is 3.41. The van der Waals surface area contributed by atoms with Gasteiger partial charge in [-0.3, -0.25) is 9.89 Å². The van der Waals surface area contributed by atoms with Gasteiger partial charge in [0.15, 0.2) is 5.82 Å². The van der Waals surface area contributed by atoms with E-state index in [1.807, 2.05) is 35.2 Å². The molecule has 5 heteroatoms. The molecule has 1 N–H and O–H groups in total. The van der Waals surface area contributed by atoms with Crippen molar-refractivity contribution in [2.24, 2.45) is 11.8 Å². The molecule has 5 nitrogen and oxygen atoms in total. The van der Waals surface area contributed by atoms with E-state index in [1.54, 1.807) is 0 Å². The van der Waals surface area contributed by atoms with E-state index in [9.17, 15) is 4.79 Å². The first kappa shape index (κ1) is 13.5. The van der Waals surface area contributed by atoms with Crippen molar-refractivity contribution in [1.82, 2.24) is 20.1 Å². The van der Waals surface area contributed by atoms with Crippen LogP contribution >= 0.6 is 0 Å². The number of nitrogens with one attached hydrogen (secondary N) is 1. The van der Waals surface area contributed by atoms with E-state index in [2.05, 4.69) is 15.2 Å². The number of carbonyl (C=O) groups is 1. The molecule has 4 rings (SSSR count). The van der Waals surface area contributed by atoms with E-state index in [0.29, 0.717) is 17.7 Å². The Bertz CT molecular complexity index is 662. The third-order valence-electron chi connectivity index (χ3n) is 4.57. The fourth-order valence-electron chi connectivity index (χ4n) is 3.16. The van der Waals surface area contributed by atoms with E-state index >= 15 is 0 Å². The summed E-state index contributed by atoms with van der Waals surface area (Å²) in [5.74, 6) is 2.86. The lowest BCUT2D eigenvalue weighted by atomic mass is 10.1. The lowest BCUT2D eigenvalue weighted by molar-refractivity contribution is -0.131. The van der Waals surface area contributed by atoms with Crippen LogP contribution in [0.5, 0.6) is 0 Å². The summed E-state index contributed by atoms with van der Waals surface area (Å²) in [6, 6.07) is 9.99. The van der Waals surface area contributed by atoms with Crippen molar-refractivity contribution < 1.29 is 4.79 Å². The van der Waals surface area contributed by atoms with Crippen molar-refractivity contribution in [3.8, 4) is 11.4 Å². The lowest BCUT2D eigenvalue weighted by Gasteiger charge is -2.15. The highest BCUT2D eigenvalue weighted by Crippen LogP contribution is 2.33. The molecule has 22 heavy (non-hydrogen) atoms. The molecule has 2 fully saturated rings. The number of likely N-dealkylation sites (tertiary alicyclic amines) is 1. The maximum Gasteiger partial charge on any atom is 0.225 e. The van der Waals surface area contributed by atoms with Crippen LogP contribution in [0.3, 0.4) is 0 Å². The summed E-state index contributed by atoms with van der Waals surface area (Å²) in [7, 11) is 0. The minimum atomic E-state index is 0.328. The van der Waals surface area contributed by atoms with Crippen LogP contribution in [0.4, 0.5) is 0 Å². The summed E-state index contributed by atoms with van der Waals surface area (Å²) in [5.41, 5.74) is 1.03. The lowest BCUT2D eigenvalue weighted by Crippen LogP contribution is -2.30. The fraction of sp³-hybridized carbons (Fsp3) is 0.471. The van der Waals surface area contributed by atoms with Gasteiger partial charge in [0, 0.05) is 31.0 Å². The maximum absolute atomic E-state index is 12.1. The van der Waals surface area contributed by atoms with Gasteiger partial charge in [-0.25, -0.2) is 4.98 Å². The SMILES string of the molecule is O=C(C1CC1)N1CCC(Cc2nc(-c3ccccc3)n[nH]2)C1. The highest BCUT2D eigenvalue weighted by atomic mass is 16.2. The number of amides is 1. The second-order valence-electron chi connectivity index (χ2n) is 6.39. The van der Waals surface area contributed by atoms with Crippen LogP contribution in [0.15, 0.2) is 30.3 Å². The van der Waals surface area contributed by atoms with E-state index < -0.39 is 0 Å².